The summed E-state index contributed by atoms with van der Waals surface area (Å²) in [5.41, 5.74) is 0. The Hall–Kier alpha value is 0.810. The summed E-state index contributed by atoms with van der Waals surface area (Å²) in [7, 11) is 0. The largest absolute Gasteiger partial charge is 0.491 e. The van der Waals surface area contributed by atoms with Crippen molar-refractivity contribution in [2.45, 2.75) is 6.42 Å². The van der Waals surface area contributed by atoms with E-state index in [4.69, 9.17) is 27.9 Å². The van der Waals surface area contributed by atoms with Gasteiger partial charge in [0.25, 0.3) is 0 Å². The second-order valence-corrected chi connectivity index (χ2v) is 5.39. The van der Waals surface area contributed by atoms with E-state index in [0.29, 0.717) is 16.7 Å². The minimum atomic E-state index is 0.566. The van der Waals surface area contributed by atoms with Crippen LogP contribution in [0.1, 0.15) is 6.42 Å². The number of alkyl halides is 1. The summed E-state index contributed by atoms with van der Waals surface area (Å²) < 4.78 is 6.47. The molecule has 0 N–H and O–H groups in total. The highest BCUT2D eigenvalue weighted by atomic mass is 127. The first-order valence-corrected chi connectivity index (χ1v) is 6.94. The van der Waals surface area contributed by atoms with Gasteiger partial charge >= 0.3 is 0 Å². The molecule has 0 saturated carbocycles. The summed E-state index contributed by atoms with van der Waals surface area (Å²) in [6.07, 6.45) is 0.953. The third-order valence-corrected chi connectivity index (χ3v) is 3.35. The molecule has 0 fully saturated rings. The second-order valence-electron chi connectivity index (χ2n) is 2.59. The predicted molar refractivity (Wildman–Crippen MR) is 73.1 cm³/mol. The van der Waals surface area contributed by atoms with Crippen molar-refractivity contribution in [2.24, 2.45) is 0 Å². The van der Waals surface area contributed by atoms with Crippen LogP contribution >= 0.6 is 61.7 Å². The van der Waals surface area contributed by atoms with Crippen molar-refractivity contribution in [3.8, 4) is 5.75 Å². The summed E-state index contributed by atoms with van der Waals surface area (Å²) >= 11 is 17.3. The van der Waals surface area contributed by atoms with Gasteiger partial charge in [-0.2, -0.15) is 0 Å². The summed E-state index contributed by atoms with van der Waals surface area (Å²) in [6, 6.07) is 3.52. The summed E-state index contributed by atoms with van der Waals surface area (Å²) in [5, 5.41) is 2.12. The van der Waals surface area contributed by atoms with Crippen LogP contribution < -0.4 is 4.74 Å². The van der Waals surface area contributed by atoms with E-state index in [0.717, 1.165) is 21.1 Å². The molecule has 14 heavy (non-hydrogen) atoms. The van der Waals surface area contributed by atoms with E-state index in [-0.39, 0.29) is 0 Å². The Kier molecular flexibility index (Phi) is 5.89. The maximum atomic E-state index is 5.99. The van der Waals surface area contributed by atoms with Crippen LogP contribution in [0.3, 0.4) is 0 Å². The highest BCUT2D eigenvalue weighted by Crippen LogP contribution is 2.33. The minimum Gasteiger partial charge on any atom is -0.491 e. The van der Waals surface area contributed by atoms with Crippen LogP contribution in [-0.4, -0.2) is 11.9 Å². The van der Waals surface area contributed by atoms with Crippen molar-refractivity contribution in [3.05, 3.63) is 25.7 Å². The standard InChI is InChI=1S/C9H8BrCl2IO/c10-2-1-3-14-9-7(12)4-6(11)5-8(9)13/h4-5H,1-3H2. The van der Waals surface area contributed by atoms with E-state index < -0.39 is 0 Å². The molecule has 0 radical (unpaired) electrons. The van der Waals surface area contributed by atoms with Gasteiger partial charge in [0.2, 0.25) is 0 Å². The molecule has 0 bridgehead atoms. The van der Waals surface area contributed by atoms with Crippen LogP contribution in [0.5, 0.6) is 5.75 Å². The number of ether oxygens (including phenoxy) is 1. The van der Waals surface area contributed by atoms with Gasteiger partial charge in [-0.1, -0.05) is 39.1 Å². The van der Waals surface area contributed by atoms with Gasteiger partial charge in [-0.05, 0) is 41.1 Å². The molecule has 78 valence electrons. The summed E-state index contributed by atoms with van der Waals surface area (Å²) in [6.45, 7) is 0.655. The van der Waals surface area contributed by atoms with Gasteiger partial charge in [-0.25, -0.2) is 0 Å². The molecule has 1 aromatic carbocycles. The molecule has 0 aromatic heterocycles. The zero-order chi connectivity index (χ0) is 10.6. The molecule has 0 aliphatic rings. The molecule has 0 heterocycles. The van der Waals surface area contributed by atoms with E-state index in [2.05, 4.69) is 38.5 Å². The number of hydrogen-bond donors (Lipinski definition) is 0. The Labute approximate surface area is 115 Å². The van der Waals surface area contributed by atoms with Crippen LogP contribution in [0.15, 0.2) is 12.1 Å². The monoisotopic (exact) mass is 408 g/mol. The lowest BCUT2D eigenvalue weighted by Crippen LogP contribution is -1.99. The molecule has 0 spiro atoms. The van der Waals surface area contributed by atoms with Crippen molar-refractivity contribution in [1.29, 1.82) is 0 Å². The van der Waals surface area contributed by atoms with Crippen LogP contribution in [0.4, 0.5) is 0 Å². The first kappa shape index (κ1) is 12.9. The first-order valence-electron chi connectivity index (χ1n) is 3.98. The Morgan fingerprint density at radius 2 is 2.07 bits per heavy atom. The fraction of sp³-hybridized carbons (Fsp3) is 0.333. The molecule has 5 heteroatoms. The van der Waals surface area contributed by atoms with Crippen LogP contribution in [0, 0.1) is 3.57 Å². The third kappa shape index (κ3) is 3.76. The molecule has 0 unspecified atom stereocenters. The Balaban J connectivity index is 2.75. The van der Waals surface area contributed by atoms with Crippen molar-refractivity contribution >= 4 is 61.7 Å². The summed E-state index contributed by atoms with van der Waals surface area (Å²) in [4.78, 5) is 0. The quantitative estimate of drug-likeness (QED) is 0.396. The topological polar surface area (TPSA) is 9.23 Å². The number of halogens is 4. The van der Waals surface area contributed by atoms with Gasteiger partial charge in [0.1, 0.15) is 0 Å². The zero-order valence-corrected chi connectivity index (χ0v) is 12.5. The van der Waals surface area contributed by atoms with Crippen molar-refractivity contribution in [2.75, 3.05) is 11.9 Å². The van der Waals surface area contributed by atoms with E-state index in [1.807, 2.05) is 6.07 Å². The van der Waals surface area contributed by atoms with E-state index in [1.54, 1.807) is 6.07 Å². The predicted octanol–water partition coefficient (Wildman–Crippen LogP) is 4.76. The fourth-order valence-corrected chi connectivity index (χ4v) is 2.80. The highest BCUT2D eigenvalue weighted by Gasteiger charge is 2.07. The third-order valence-electron chi connectivity index (χ3n) is 1.49. The average Bonchev–Trinajstić information content (AvgIpc) is 2.09. The molecule has 0 saturated heterocycles. The van der Waals surface area contributed by atoms with Gasteiger partial charge in [-0.3, -0.25) is 0 Å². The van der Waals surface area contributed by atoms with Gasteiger partial charge < -0.3 is 4.74 Å². The van der Waals surface area contributed by atoms with Crippen LogP contribution in [0.25, 0.3) is 0 Å². The van der Waals surface area contributed by atoms with Crippen molar-refractivity contribution < 1.29 is 4.74 Å². The molecule has 0 aliphatic carbocycles. The number of benzene rings is 1. The molecule has 1 nitrogen and oxygen atoms in total. The van der Waals surface area contributed by atoms with E-state index in [9.17, 15) is 0 Å². The van der Waals surface area contributed by atoms with E-state index in [1.165, 1.54) is 0 Å². The van der Waals surface area contributed by atoms with Gasteiger partial charge in [-0.15, -0.1) is 0 Å². The smallest absolute Gasteiger partial charge is 0.151 e. The number of hydrogen-bond acceptors (Lipinski definition) is 1. The van der Waals surface area contributed by atoms with Crippen molar-refractivity contribution in [1.82, 2.24) is 0 Å². The van der Waals surface area contributed by atoms with Gasteiger partial charge in [0, 0.05) is 10.4 Å². The molecule has 0 amide bonds. The molecule has 0 atom stereocenters. The SMILES string of the molecule is Clc1cc(Cl)c(OCCCBr)c(I)c1. The van der Waals surface area contributed by atoms with Crippen LogP contribution in [0.2, 0.25) is 10.0 Å². The fourth-order valence-electron chi connectivity index (χ4n) is 0.896. The normalized spacial score (nSPS) is 10.3. The molecular formula is C9H8BrCl2IO. The minimum absolute atomic E-state index is 0.566. The average molecular weight is 410 g/mol. The number of rotatable bonds is 4. The van der Waals surface area contributed by atoms with Gasteiger partial charge in [0.05, 0.1) is 15.2 Å². The zero-order valence-electron chi connectivity index (χ0n) is 7.20. The Morgan fingerprint density at radius 3 is 2.64 bits per heavy atom. The molecular weight excluding hydrogens is 402 g/mol. The highest BCUT2D eigenvalue weighted by molar-refractivity contribution is 14.1. The molecule has 1 aromatic rings. The summed E-state index contributed by atoms with van der Waals surface area (Å²) in [5.74, 6) is 0.720. The van der Waals surface area contributed by atoms with Crippen molar-refractivity contribution in [3.63, 3.8) is 0 Å². The maximum Gasteiger partial charge on any atom is 0.151 e. The Bertz CT molecular complexity index is 297. The van der Waals surface area contributed by atoms with E-state index >= 15 is 0 Å². The second kappa shape index (κ2) is 6.40. The Morgan fingerprint density at radius 1 is 1.36 bits per heavy atom. The van der Waals surface area contributed by atoms with Gasteiger partial charge in [0.15, 0.2) is 5.75 Å². The lowest BCUT2D eigenvalue weighted by atomic mass is 10.3. The van der Waals surface area contributed by atoms with Crippen LogP contribution in [-0.2, 0) is 0 Å². The lowest BCUT2D eigenvalue weighted by Gasteiger charge is -2.09. The maximum absolute atomic E-state index is 5.99. The molecule has 0 aliphatic heterocycles. The lowest BCUT2D eigenvalue weighted by molar-refractivity contribution is 0.317. The molecule has 1 rings (SSSR count). The first-order chi connectivity index (χ1) is 6.65.